The van der Waals surface area contributed by atoms with E-state index in [0.29, 0.717) is 17.1 Å². The number of carbonyl (C=O) groups excluding carboxylic acids is 1. The molecule has 0 radical (unpaired) electrons. The van der Waals surface area contributed by atoms with Gasteiger partial charge >= 0.3 is 5.97 Å². The van der Waals surface area contributed by atoms with Crippen LogP contribution in [-0.2, 0) is 16.1 Å². The molecule has 1 aromatic rings. The normalized spacial score (nSPS) is 20.3. The van der Waals surface area contributed by atoms with E-state index >= 15 is 0 Å². The van der Waals surface area contributed by atoms with Crippen LogP contribution in [-0.4, -0.2) is 30.6 Å². The summed E-state index contributed by atoms with van der Waals surface area (Å²) in [7, 11) is 1.39. The van der Waals surface area contributed by atoms with Gasteiger partial charge in [0.25, 0.3) is 0 Å². The second-order valence-corrected chi connectivity index (χ2v) is 5.18. The highest BCUT2D eigenvalue weighted by atomic mass is 35.5. The molecule has 3 nitrogen and oxygen atoms in total. The highest BCUT2D eigenvalue weighted by Crippen LogP contribution is 2.23. The maximum Gasteiger partial charge on any atom is 0.323 e. The third kappa shape index (κ3) is 3.45. The first kappa shape index (κ1) is 14.3. The lowest BCUT2D eigenvalue weighted by Crippen LogP contribution is -2.44. The first-order valence-electron chi connectivity index (χ1n) is 6.37. The maximum atomic E-state index is 13.8. The van der Waals surface area contributed by atoms with Crippen molar-refractivity contribution in [2.75, 3.05) is 13.7 Å². The summed E-state index contributed by atoms with van der Waals surface area (Å²) in [6.07, 6.45) is 2.78. The Kier molecular flexibility index (Phi) is 4.77. The third-order valence-corrected chi connectivity index (χ3v) is 3.71. The zero-order valence-corrected chi connectivity index (χ0v) is 11.6. The predicted molar refractivity (Wildman–Crippen MR) is 71.5 cm³/mol. The van der Waals surface area contributed by atoms with Crippen LogP contribution in [0.15, 0.2) is 18.2 Å². The molecule has 0 amide bonds. The van der Waals surface area contributed by atoms with E-state index in [9.17, 15) is 9.18 Å². The van der Waals surface area contributed by atoms with Crippen molar-refractivity contribution in [2.24, 2.45) is 0 Å². The number of halogens is 2. The smallest absolute Gasteiger partial charge is 0.323 e. The van der Waals surface area contributed by atoms with E-state index in [1.54, 1.807) is 12.1 Å². The molecule has 5 heteroatoms. The van der Waals surface area contributed by atoms with Gasteiger partial charge in [0.15, 0.2) is 0 Å². The van der Waals surface area contributed by atoms with E-state index in [1.807, 2.05) is 4.90 Å². The number of hydrogen-bond donors (Lipinski definition) is 0. The molecule has 1 saturated heterocycles. The van der Waals surface area contributed by atoms with E-state index in [4.69, 9.17) is 16.3 Å². The molecule has 0 spiro atoms. The highest BCUT2D eigenvalue weighted by Gasteiger charge is 2.29. The summed E-state index contributed by atoms with van der Waals surface area (Å²) in [5.41, 5.74) is 0.556. The van der Waals surface area contributed by atoms with Crippen molar-refractivity contribution in [3.63, 3.8) is 0 Å². The minimum Gasteiger partial charge on any atom is -0.468 e. The van der Waals surface area contributed by atoms with Gasteiger partial charge in [0.05, 0.1) is 7.11 Å². The Bertz CT molecular complexity index is 467. The Balaban J connectivity index is 2.13. The molecule has 0 unspecified atom stereocenters. The predicted octanol–water partition coefficient (Wildman–Crippen LogP) is 3.01. The summed E-state index contributed by atoms with van der Waals surface area (Å²) in [6, 6.07) is 4.36. The van der Waals surface area contributed by atoms with Crippen LogP contribution in [0.5, 0.6) is 0 Å². The topological polar surface area (TPSA) is 29.5 Å². The summed E-state index contributed by atoms with van der Waals surface area (Å²) in [6.45, 7) is 1.19. The summed E-state index contributed by atoms with van der Waals surface area (Å²) in [4.78, 5) is 13.7. The van der Waals surface area contributed by atoms with Crippen LogP contribution in [0, 0.1) is 5.82 Å². The van der Waals surface area contributed by atoms with Gasteiger partial charge in [0.1, 0.15) is 11.9 Å². The van der Waals surface area contributed by atoms with Gasteiger partial charge in [-0.1, -0.05) is 24.1 Å². The van der Waals surface area contributed by atoms with Crippen molar-refractivity contribution in [3.05, 3.63) is 34.6 Å². The van der Waals surface area contributed by atoms with Crippen molar-refractivity contribution < 1.29 is 13.9 Å². The molecule has 0 bridgehead atoms. The van der Waals surface area contributed by atoms with Crippen LogP contribution in [0.25, 0.3) is 0 Å². The zero-order valence-electron chi connectivity index (χ0n) is 10.9. The number of rotatable bonds is 3. The summed E-state index contributed by atoms with van der Waals surface area (Å²) in [5, 5.41) is 0.379. The summed E-state index contributed by atoms with van der Waals surface area (Å²) < 4.78 is 18.6. The molecule has 1 aliphatic rings. The Morgan fingerprint density at radius 3 is 3.00 bits per heavy atom. The minimum absolute atomic E-state index is 0.242. The van der Waals surface area contributed by atoms with Gasteiger partial charge in [-0.15, -0.1) is 0 Å². The number of piperidine rings is 1. The van der Waals surface area contributed by atoms with Crippen LogP contribution >= 0.6 is 11.6 Å². The van der Waals surface area contributed by atoms with E-state index < -0.39 is 0 Å². The maximum absolute atomic E-state index is 13.8. The van der Waals surface area contributed by atoms with Crippen molar-refractivity contribution in [3.8, 4) is 0 Å². The lowest BCUT2D eigenvalue weighted by molar-refractivity contribution is -0.148. The van der Waals surface area contributed by atoms with E-state index in [2.05, 4.69) is 0 Å². The van der Waals surface area contributed by atoms with Gasteiger partial charge in [0.2, 0.25) is 0 Å². The van der Waals surface area contributed by atoms with Gasteiger partial charge < -0.3 is 4.74 Å². The third-order valence-electron chi connectivity index (χ3n) is 3.48. The molecule has 1 fully saturated rings. The molecule has 104 valence electrons. The molecular formula is C14H17ClFNO2. The monoisotopic (exact) mass is 285 g/mol. The van der Waals surface area contributed by atoms with Crippen LogP contribution in [0.1, 0.15) is 24.8 Å². The number of benzene rings is 1. The lowest BCUT2D eigenvalue weighted by atomic mass is 10.0. The second kappa shape index (κ2) is 6.35. The molecule has 0 saturated carbocycles. The molecule has 2 rings (SSSR count). The summed E-state index contributed by atoms with van der Waals surface area (Å²) in [5.74, 6) is -0.573. The first-order valence-corrected chi connectivity index (χ1v) is 6.75. The minimum atomic E-state index is -0.332. The lowest BCUT2D eigenvalue weighted by Gasteiger charge is -2.33. The SMILES string of the molecule is COC(=O)[C@H]1CCCCN1Cc1ccc(Cl)cc1F. The second-order valence-electron chi connectivity index (χ2n) is 4.74. The number of hydrogen-bond acceptors (Lipinski definition) is 3. The number of ether oxygens (including phenoxy) is 1. The van der Waals surface area contributed by atoms with Gasteiger partial charge in [-0.05, 0) is 31.5 Å². The van der Waals surface area contributed by atoms with Crippen molar-refractivity contribution in [1.29, 1.82) is 0 Å². The van der Waals surface area contributed by atoms with Crippen LogP contribution < -0.4 is 0 Å². The fourth-order valence-corrected chi connectivity index (χ4v) is 2.61. The van der Waals surface area contributed by atoms with Crippen LogP contribution in [0.4, 0.5) is 4.39 Å². The van der Waals surface area contributed by atoms with Gasteiger partial charge in [-0.3, -0.25) is 9.69 Å². The van der Waals surface area contributed by atoms with Crippen molar-refractivity contribution in [2.45, 2.75) is 31.8 Å². The van der Waals surface area contributed by atoms with Gasteiger partial charge in [-0.25, -0.2) is 4.39 Å². The molecular weight excluding hydrogens is 269 g/mol. The molecule has 1 aromatic carbocycles. The first-order chi connectivity index (χ1) is 9.11. The molecule has 1 atom stereocenters. The van der Waals surface area contributed by atoms with Crippen molar-refractivity contribution in [1.82, 2.24) is 4.90 Å². The Hall–Kier alpha value is -1.13. The molecule has 0 aliphatic carbocycles. The largest absolute Gasteiger partial charge is 0.468 e. The quantitative estimate of drug-likeness (QED) is 0.800. The molecule has 0 N–H and O–H groups in total. The Morgan fingerprint density at radius 2 is 2.32 bits per heavy atom. The van der Waals surface area contributed by atoms with Crippen LogP contribution in [0.2, 0.25) is 5.02 Å². The standard InChI is InChI=1S/C14H17ClFNO2/c1-19-14(18)13-4-2-3-7-17(13)9-10-5-6-11(15)8-12(10)16/h5-6,8,13H,2-4,7,9H2,1H3/t13-/m1/s1. The molecule has 19 heavy (non-hydrogen) atoms. The average Bonchev–Trinajstić information content (AvgIpc) is 2.41. The van der Waals surface area contributed by atoms with Crippen molar-refractivity contribution >= 4 is 17.6 Å². The Labute approximate surface area is 117 Å². The molecule has 1 heterocycles. The Morgan fingerprint density at radius 1 is 1.53 bits per heavy atom. The molecule has 0 aromatic heterocycles. The van der Waals surface area contributed by atoms with E-state index in [1.165, 1.54) is 13.2 Å². The van der Waals surface area contributed by atoms with E-state index in [-0.39, 0.29) is 17.8 Å². The van der Waals surface area contributed by atoms with Gasteiger partial charge in [0, 0.05) is 17.1 Å². The van der Waals surface area contributed by atoms with Gasteiger partial charge in [-0.2, -0.15) is 0 Å². The van der Waals surface area contributed by atoms with E-state index in [0.717, 1.165) is 25.8 Å². The number of methoxy groups -OCH3 is 1. The fraction of sp³-hybridized carbons (Fsp3) is 0.500. The number of esters is 1. The molecule has 1 aliphatic heterocycles. The average molecular weight is 286 g/mol. The highest BCUT2D eigenvalue weighted by molar-refractivity contribution is 6.30. The number of likely N-dealkylation sites (tertiary alicyclic amines) is 1. The number of nitrogens with zero attached hydrogens (tertiary/aromatic N) is 1. The van der Waals surface area contributed by atoms with Crippen LogP contribution in [0.3, 0.4) is 0 Å². The number of carbonyl (C=O) groups is 1. The zero-order chi connectivity index (χ0) is 13.8. The fourth-order valence-electron chi connectivity index (χ4n) is 2.45. The summed E-state index contributed by atoms with van der Waals surface area (Å²) >= 11 is 5.73.